The highest BCUT2D eigenvalue weighted by Gasteiger charge is 2.17. The molecule has 1 aliphatic rings. The van der Waals surface area contributed by atoms with Gasteiger partial charge in [0.2, 0.25) is 5.91 Å². The quantitative estimate of drug-likeness (QED) is 0.820. The van der Waals surface area contributed by atoms with Crippen LogP contribution in [0.4, 0.5) is 10.5 Å². The summed E-state index contributed by atoms with van der Waals surface area (Å²) in [5.41, 5.74) is 1.43. The minimum absolute atomic E-state index is 0.0148. The lowest BCUT2D eigenvalue weighted by atomic mass is 10.3. The molecule has 25 heavy (non-hydrogen) atoms. The zero-order valence-electron chi connectivity index (χ0n) is 13.7. The fourth-order valence-electron chi connectivity index (χ4n) is 2.43. The van der Waals surface area contributed by atoms with Crippen molar-refractivity contribution in [3.63, 3.8) is 0 Å². The molecule has 0 radical (unpaired) electrons. The lowest BCUT2D eigenvalue weighted by Gasteiger charge is -2.26. The summed E-state index contributed by atoms with van der Waals surface area (Å²) < 4.78 is 6.74. The first kappa shape index (κ1) is 16.9. The molecule has 2 N–H and O–H groups in total. The Bertz CT molecular complexity index is 712. The molecule has 2 aromatic heterocycles. The highest BCUT2D eigenvalue weighted by molar-refractivity contribution is 5.88. The maximum atomic E-state index is 12.2. The van der Waals surface area contributed by atoms with E-state index in [0.29, 0.717) is 38.5 Å². The first-order valence-electron chi connectivity index (χ1n) is 8.02. The van der Waals surface area contributed by atoms with E-state index in [1.165, 1.54) is 10.9 Å². The van der Waals surface area contributed by atoms with Gasteiger partial charge >= 0.3 is 6.03 Å². The third kappa shape index (κ3) is 5.01. The van der Waals surface area contributed by atoms with E-state index in [4.69, 9.17) is 4.74 Å². The summed E-state index contributed by atoms with van der Waals surface area (Å²) >= 11 is 0. The van der Waals surface area contributed by atoms with Crippen LogP contribution in [-0.2, 0) is 22.6 Å². The molecule has 132 valence electrons. The van der Waals surface area contributed by atoms with Gasteiger partial charge in [0.15, 0.2) is 0 Å². The van der Waals surface area contributed by atoms with Crippen molar-refractivity contribution in [2.75, 3.05) is 31.6 Å². The first-order valence-corrected chi connectivity index (χ1v) is 8.02. The Labute approximate surface area is 145 Å². The number of hydrogen-bond donors (Lipinski definition) is 2. The number of amides is 3. The molecule has 0 saturated carbocycles. The Hall–Kier alpha value is -2.94. The summed E-state index contributed by atoms with van der Waals surface area (Å²) in [5, 5.41) is 9.53. The topological polar surface area (TPSA) is 101 Å². The Morgan fingerprint density at radius 3 is 2.84 bits per heavy atom. The predicted octanol–water partition coefficient (Wildman–Crippen LogP) is 0.459. The van der Waals surface area contributed by atoms with Crippen LogP contribution in [0.1, 0.15) is 5.56 Å². The Balaban J connectivity index is 1.46. The van der Waals surface area contributed by atoms with Gasteiger partial charge in [-0.2, -0.15) is 5.10 Å². The average molecular weight is 344 g/mol. The van der Waals surface area contributed by atoms with Gasteiger partial charge in [0.1, 0.15) is 6.54 Å². The van der Waals surface area contributed by atoms with Crippen molar-refractivity contribution in [2.24, 2.45) is 0 Å². The average Bonchev–Trinajstić information content (AvgIpc) is 3.08. The van der Waals surface area contributed by atoms with E-state index in [9.17, 15) is 9.59 Å². The second-order valence-electron chi connectivity index (χ2n) is 5.59. The second-order valence-corrected chi connectivity index (χ2v) is 5.59. The molecular formula is C16H20N6O3. The first-order chi connectivity index (χ1) is 12.2. The van der Waals surface area contributed by atoms with Gasteiger partial charge in [0.05, 0.1) is 25.1 Å². The van der Waals surface area contributed by atoms with Gasteiger partial charge in [0, 0.05) is 38.2 Å². The van der Waals surface area contributed by atoms with Crippen molar-refractivity contribution < 1.29 is 14.3 Å². The lowest BCUT2D eigenvalue weighted by molar-refractivity contribution is -0.136. The van der Waals surface area contributed by atoms with Crippen LogP contribution in [0.5, 0.6) is 0 Å². The standard InChI is InChI=1S/C16H20N6O3/c23-15(21-4-6-25-7-5-21)12-22-11-14(10-19-22)20-16(24)18-9-13-2-1-3-17-8-13/h1-3,8,10-11H,4-7,9,12H2,(H2,18,20,24). The van der Waals surface area contributed by atoms with E-state index in [2.05, 4.69) is 20.7 Å². The molecule has 1 fully saturated rings. The molecular weight excluding hydrogens is 324 g/mol. The Morgan fingerprint density at radius 1 is 1.24 bits per heavy atom. The molecule has 9 heteroatoms. The van der Waals surface area contributed by atoms with Crippen LogP contribution in [-0.4, -0.2) is 57.9 Å². The summed E-state index contributed by atoms with van der Waals surface area (Å²) in [7, 11) is 0. The van der Waals surface area contributed by atoms with Crippen molar-refractivity contribution in [3.05, 3.63) is 42.5 Å². The number of ether oxygens (including phenoxy) is 1. The number of urea groups is 1. The Kier molecular flexibility index (Phi) is 5.57. The summed E-state index contributed by atoms with van der Waals surface area (Å²) in [6, 6.07) is 3.34. The maximum absolute atomic E-state index is 12.2. The number of pyridine rings is 1. The lowest BCUT2D eigenvalue weighted by Crippen LogP contribution is -2.42. The van der Waals surface area contributed by atoms with Crippen molar-refractivity contribution >= 4 is 17.6 Å². The van der Waals surface area contributed by atoms with Gasteiger partial charge in [-0.15, -0.1) is 0 Å². The molecule has 0 bridgehead atoms. The van der Waals surface area contributed by atoms with Crippen LogP contribution in [0.15, 0.2) is 36.9 Å². The highest BCUT2D eigenvalue weighted by atomic mass is 16.5. The molecule has 0 aromatic carbocycles. The molecule has 3 heterocycles. The van der Waals surface area contributed by atoms with E-state index in [1.807, 2.05) is 12.1 Å². The fraction of sp³-hybridized carbons (Fsp3) is 0.375. The number of morpholine rings is 1. The second kappa shape index (κ2) is 8.25. The molecule has 2 aromatic rings. The molecule has 9 nitrogen and oxygen atoms in total. The van der Waals surface area contributed by atoms with E-state index in [1.54, 1.807) is 23.5 Å². The van der Waals surface area contributed by atoms with Crippen molar-refractivity contribution in [1.29, 1.82) is 0 Å². The largest absolute Gasteiger partial charge is 0.378 e. The number of carbonyl (C=O) groups excluding carboxylic acids is 2. The molecule has 1 aliphatic heterocycles. The van der Waals surface area contributed by atoms with Gasteiger partial charge in [-0.25, -0.2) is 4.79 Å². The molecule has 0 unspecified atom stereocenters. The zero-order valence-corrected chi connectivity index (χ0v) is 13.7. The summed E-state index contributed by atoms with van der Waals surface area (Å²) in [4.78, 5) is 29.8. The van der Waals surface area contributed by atoms with Gasteiger partial charge in [-0.05, 0) is 11.6 Å². The van der Waals surface area contributed by atoms with Crippen molar-refractivity contribution in [2.45, 2.75) is 13.1 Å². The van der Waals surface area contributed by atoms with E-state index < -0.39 is 0 Å². The van der Waals surface area contributed by atoms with Crippen LogP contribution in [0.3, 0.4) is 0 Å². The minimum atomic E-state index is -0.345. The molecule has 1 saturated heterocycles. The smallest absolute Gasteiger partial charge is 0.319 e. The number of anilines is 1. The minimum Gasteiger partial charge on any atom is -0.378 e. The summed E-state index contributed by atoms with van der Waals surface area (Å²) in [6.07, 6.45) is 6.50. The molecule has 0 spiro atoms. The van der Waals surface area contributed by atoms with Gasteiger partial charge in [0.25, 0.3) is 0 Å². The van der Waals surface area contributed by atoms with Crippen LogP contribution in [0, 0.1) is 0 Å². The molecule has 0 aliphatic carbocycles. The normalized spacial score (nSPS) is 14.2. The van der Waals surface area contributed by atoms with E-state index >= 15 is 0 Å². The summed E-state index contributed by atoms with van der Waals surface area (Å²) in [6.45, 7) is 2.84. The maximum Gasteiger partial charge on any atom is 0.319 e. The molecule has 3 amide bonds. The Morgan fingerprint density at radius 2 is 2.08 bits per heavy atom. The van der Waals surface area contributed by atoms with Gasteiger partial charge < -0.3 is 20.3 Å². The predicted molar refractivity (Wildman–Crippen MR) is 89.7 cm³/mol. The van der Waals surface area contributed by atoms with Crippen LogP contribution in [0.2, 0.25) is 0 Å². The monoisotopic (exact) mass is 344 g/mol. The van der Waals surface area contributed by atoms with Crippen LogP contribution >= 0.6 is 0 Å². The van der Waals surface area contributed by atoms with Crippen molar-refractivity contribution in [3.8, 4) is 0 Å². The number of hydrogen-bond acceptors (Lipinski definition) is 5. The SMILES string of the molecule is O=C(NCc1cccnc1)Nc1cnn(CC(=O)N2CCOCC2)c1. The molecule has 0 atom stereocenters. The van der Waals surface area contributed by atoms with E-state index in [0.717, 1.165) is 5.56 Å². The zero-order chi connectivity index (χ0) is 17.5. The number of nitrogens with zero attached hydrogens (tertiary/aromatic N) is 4. The highest BCUT2D eigenvalue weighted by Crippen LogP contribution is 2.06. The third-order valence-corrected chi connectivity index (χ3v) is 3.73. The van der Waals surface area contributed by atoms with Crippen LogP contribution in [0.25, 0.3) is 0 Å². The van der Waals surface area contributed by atoms with Crippen LogP contribution < -0.4 is 10.6 Å². The van der Waals surface area contributed by atoms with Crippen molar-refractivity contribution in [1.82, 2.24) is 25.0 Å². The number of aromatic nitrogens is 3. The van der Waals surface area contributed by atoms with E-state index in [-0.39, 0.29) is 18.5 Å². The number of nitrogens with one attached hydrogen (secondary N) is 2. The number of carbonyl (C=O) groups is 2. The third-order valence-electron chi connectivity index (χ3n) is 3.73. The molecule has 3 rings (SSSR count). The van der Waals surface area contributed by atoms with Gasteiger partial charge in [-0.3, -0.25) is 14.5 Å². The fourth-order valence-corrected chi connectivity index (χ4v) is 2.43. The number of rotatable bonds is 5. The summed E-state index contributed by atoms with van der Waals surface area (Å²) in [5.74, 6) is -0.0148. The van der Waals surface area contributed by atoms with Gasteiger partial charge in [-0.1, -0.05) is 6.07 Å².